The van der Waals surface area contributed by atoms with Gasteiger partial charge in [0.25, 0.3) is 0 Å². The fourth-order valence-electron chi connectivity index (χ4n) is 1.73. The molecule has 0 aliphatic rings. The molecule has 7 heteroatoms. The highest BCUT2D eigenvalue weighted by atomic mass is 16.5. The summed E-state index contributed by atoms with van der Waals surface area (Å²) in [4.78, 5) is 4.25. The second-order valence-electron chi connectivity index (χ2n) is 4.09. The van der Waals surface area contributed by atoms with Crippen molar-refractivity contribution < 1.29 is 18.7 Å². The number of nitrogens with zero attached hydrogens (tertiary/aromatic N) is 2. The molecular weight excluding hydrogens is 262 g/mol. The Kier molecular flexibility index (Phi) is 4.54. The lowest BCUT2D eigenvalue weighted by atomic mass is 10.2. The Bertz CT molecular complexity index is 570. The number of methoxy groups -OCH3 is 3. The molecule has 1 unspecified atom stereocenters. The minimum atomic E-state index is -0.443. The third-order valence-electron chi connectivity index (χ3n) is 2.75. The molecule has 0 saturated heterocycles. The van der Waals surface area contributed by atoms with Crippen molar-refractivity contribution in [3.63, 3.8) is 0 Å². The number of aromatic nitrogens is 2. The first-order chi connectivity index (χ1) is 9.69. The molecule has 20 heavy (non-hydrogen) atoms. The van der Waals surface area contributed by atoms with Crippen molar-refractivity contribution in [3.8, 4) is 22.9 Å². The van der Waals surface area contributed by atoms with Crippen LogP contribution in [0.1, 0.15) is 11.9 Å². The molecular formula is C13H17N3O4. The Morgan fingerprint density at radius 1 is 1.20 bits per heavy atom. The van der Waals surface area contributed by atoms with Crippen LogP contribution in [0, 0.1) is 0 Å². The minimum absolute atomic E-state index is 0.313. The summed E-state index contributed by atoms with van der Waals surface area (Å²) >= 11 is 0. The molecule has 2 rings (SSSR count). The van der Waals surface area contributed by atoms with Crippen molar-refractivity contribution in [1.82, 2.24) is 10.1 Å². The van der Waals surface area contributed by atoms with Gasteiger partial charge in [-0.3, -0.25) is 0 Å². The third-order valence-corrected chi connectivity index (χ3v) is 2.75. The lowest BCUT2D eigenvalue weighted by molar-refractivity contribution is 0.166. The van der Waals surface area contributed by atoms with Crippen LogP contribution < -0.4 is 15.2 Å². The van der Waals surface area contributed by atoms with Crippen LogP contribution in [0.2, 0.25) is 0 Å². The van der Waals surface area contributed by atoms with E-state index in [1.165, 1.54) is 0 Å². The first-order valence-corrected chi connectivity index (χ1v) is 6.00. The van der Waals surface area contributed by atoms with Gasteiger partial charge in [-0.15, -0.1) is 0 Å². The Morgan fingerprint density at radius 3 is 2.60 bits per heavy atom. The van der Waals surface area contributed by atoms with Crippen LogP contribution >= 0.6 is 0 Å². The standard InChI is InChI=1S/C13H17N3O4/c1-17-7-9(14)13-15-12(16-20-13)8-4-5-10(18-2)11(6-8)19-3/h4-6,9H,7,14H2,1-3H3. The van der Waals surface area contributed by atoms with Gasteiger partial charge in [0.05, 0.1) is 20.8 Å². The molecule has 1 aromatic heterocycles. The van der Waals surface area contributed by atoms with E-state index in [1.54, 1.807) is 33.5 Å². The van der Waals surface area contributed by atoms with Gasteiger partial charge in [-0.05, 0) is 18.2 Å². The van der Waals surface area contributed by atoms with E-state index >= 15 is 0 Å². The summed E-state index contributed by atoms with van der Waals surface area (Å²) in [7, 11) is 4.71. The van der Waals surface area contributed by atoms with Crippen LogP contribution in [0.4, 0.5) is 0 Å². The molecule has 0 amide bonds. The molecule has 0 spiro atoms. The van der Waals surface area contributed by atoms with Crippen molar-refractivity contribution in [2.75, 3.05) is 27.9 Å². The van der Waals surface area contributed by atoms with E-state index in [9.17, 15) is 0 Å². The van der Waals surface area contributed by atoms with E-state index in [0.29, 0.717) is 29.8 Å². The van der Waals surface area contributed by atoms with Crippen LogP contribution in [0.3, 0.4) is 0 Å². The predicted molar refractivity (Wildman–Crippen MR) is 71.6 cm³/mol. The van der Waals surface area contributed by atoms with Crippen molar-refractivity contribution in [3.05, 3.63) is 24.1 Å². The van der Waals surface area contributed by atoms with Crippen molar-refractivity contribution >= 4 is 0 Å². The smallest absolute Gasteiger partial charge is 0.246 e. The summed E-state index contributed by atoms with van der Waals surface area (Å²) in [6.45, 7) is 0.313. The average Bonchev–Trinajstić information content (AvgIpc) is 2.96. The second-order valence-corrected chi connectivity index (χ2v) is 4.09. The van der Waals surface area contributed by atoms with Crippen LogP contribution in [0.5, 0.6) is 11.5 Å². The monoisotopic (exact) mass is 279 g/mol. The van der Waals surface area contributed by atoms with Gasteiger partial charge in [0.2, 0.25) is 11.7 Å². The molecule has 2 N–H and O–H groups in total. The first kappa shape index (κ1) is 14.3. The normalized spacial score (nSPS) is 12.2. The number of nitrogens with two attached hydrogens (primary N) is 1. The van der Waals surface area contributed by atoms with Gasteiger partial charge in [-0.1, -0.05) is 5.16 Å². The van der Waals surface area contributed by atoms with E-state index in [4.69, 9.17) is 24.5 Å². The van der Waals surface area contributed by atoms with E-state index < -0.39 is 6.04 Å². The summed E-state index contributed by atoms with van der Waals surface area (Å²) in [5.74, 6) is 2.00. The SMILES string of the molecule is COCC(N)c1nc(-c2ccc(OC)c(OC)c2)no1. The maximum Gasteiger partial charge on any atom is 0.246 e. The number of ether oxygens (including phenoxy) is 3. The number of hydrogen-bond donors (Lipinski definition) is 1. The second kappa shape index (κ2) is 6.36. The molecule has 2 aromatic rings. The molecule has 0 fully saturated rings. The predicted octanol–water partition coefficient (Wildman–Crippen LogP) is 1.40. The zero-order valence-electron chi connectivity index (χ0n) is 11.6. The summed E-state index contributed by atoms with van der Waals surface area (Å²) in [5.41, 5.74) is 6.58. The quantitative estimate of drug-likeness (QED) is 0.854. The lowest BCUT2D eigenvalue weighted by Gasteiger charge is -2.07. The highest BCUT2D eigenvalue weighted by molar-refractivity contribution is 5.60. The molecule has 1 heterocycles. The van der Waals surface area contributed by atoms with E-state index in [2.05, 4.69) is 10.1 Å². The van der Waals surface area contributed by atoms with Gasteiger partial charge in [0, 0.05) is 12.7 Å². The van der Waals surface area contributed by atoms with Gasteiger partial charge in [0.1, 0.15) is 6.04 Å². The molecule has 0 aliphatic heterocycles. The van der Waals surface area contributed by atoms with E-state index in [1.807, 2.05) is 6.07 Å². The molecule has 1 atom stereocenters. The fourth-order valence-corrected chi connectivity index (χ4v) is 1.73. The molecule has 0 radical (unpaired) electrons. The number of benzene rings is 1. The highest BCUT2D eigenvalue weighted by Gasteiger charge is 2.16. The summed E-state index contributed by atoms with van der Waals surface area (Å²) < 4.78 is 20.5. The zero-order valence-corrected chi connectivity index (χ0v) is 11.6. The zero-order chi connectivity index (χ0) is 14.5. The first-order valence-electron chi connectivity index (χ1n) is 6.00. The molecule has 0 saturated carbocycles. The Balaban J connectivity index is 2.28. The number of rotatable bonds is 6. The fraction of sp³-hybridized carbons (Fsp3) is 0.385. The molecule has 0 aliphatic carbocycles. The van der Waals surface area contributed by atoms with Gasteiger partial charge >= 0.3 is 0 Å². The molecule has 0 bridgehead atoms. The maximum atomic E-state index is 5.83. The van der Waals surface area contributed by atoms with Crippen molar-refractivity contribution in [2.45, 2.75) is 6.04 Å². The van der Waals surface area contributed by atoms with Crippen LogP contribution in [-0.4, -0.2) is 38.1 Å². The van der Waals surface area contributed by atoms with Gasteiger partial charge in [-0.2, -0.15) is 4.98 Å². The summed E-state index contributed by atoms with van der Waals surface area (Å²) in [5, 5.41) is 3.90. The Morgan fingerprint density at radius 2 is 1.95 bits per heavy atom. The Labute approximate surface area is 116 Å². The molecule has 1 aromatic carbocycles. The number of hydrogen-bond acceptors (Lipinski definition) is 7. The summed E-state index contributed by atoms with van der Waals surface area (Å²) in [6.07, 6.45) is 0. The van der Waals surface area contributed by atoms with E-state index in [0.717, 1.165) is 5.56 Å². The molecule has 108 valence electrons. The van der Waals surface area contributed by atoms with Crippen molar-refractivity contribution in [2.24, 2.45) is 5.73 Å². The Hall–Kier alpha value is -2.12. The van der Waals surface area contributed by atoms with Crippen molar-refractivity contribution in [1.29, 1.82) is 0 Å². The van der Waals surface area contributed by atoms with Crippen LogP contribution in [0.25, 0.3) is 11.4 Å². The maximum absolute atomic E-state index is 5.83. The topological polar surface area (TPSA) is 92.6 Å². The van der Waals surface area contributed by atoms with Gasteiger partial charge in [-0.25, -0.2) is 0 Å². The highest BCUT2D eigenvalue weighted by Crippen LogP contribution is 2.31. The van der Waals surface area contributed by atoms with Crippen LogP contribution in [-0.2, 0) is 4.74 Å². The molecule has 7 nitrogen and oxygen atoms in total. The van der Waals surface area contributed by atoms with Gasteiger partial charge in [0.15, 0.2) is 11.5 Å². The van der Waals surface area contributed by atoms with Gasteiger partial charge < -0.3 is 24.5 Å². The lowest BCUT2D eigenvalue weighted by Crippen LogP contribution is -2.16. The van der Waals surface area contributed by atoms with E-state index in [-0.39, 0.29) is 0 Å². The third kappa shape index (κ3) is 2.89. The average molecular weight is 279 g/mol. The van der Waals surface area contributed by atoms with Crippen LogP contribution in [0.15, 0.2) is 22.7 Å². The summed E-state index contributed by atoms with van der Waals surface area (Å²) in [6, 6.07) is 4.92. The largest absolute Gasteiger partial charge is 0.493 e. The minimum Gasteiger partial charge on any atom is -0.493 e.